The van der Waals surface area contributed by atoms with Crippen molar-refractivity contribution < 1.29 is 18.0 Å². The molecule has 0 aliphatic rings. The van der Waals surface area contributed by atoms with Crippen LogP contribution in [0.5, 0.6) is 0 Å². The van der Waals surface area contributed by atoms with Crippen molar-refractivity contribution >= 4 is 5.91 Å². The second kappa shape index (κ2) is 7.16. The molecule has 2 N–H and O–H groups in total. The normalized spacial score (nSPS) is 10.9. The van der Waals surface area contributed by atoms with Crippen LogP contribution < -0.4 is 5.32 Å². The number of carbonyl (C=O) groups excluding carboxylic acids is 1. The second-order valence-electron chi connectivity index (χ2n) is 5.20. The number of amides is 1. The van der Waals surface area contributed by atoms with Gasteiger partial charge in [-0.2, -0.15) is 0 Å². The van der Waals surface area contributed by atoms with Gasteiger partial charge in [0.1, 0.15) is 12.0 Å². The number of hydrogen-bond acceptors (Lipinski definition) is 3. The predicted molar refractivity (Wildman–Crippen MR) is 84.3 cm³/mol. The number of alkyl halides is 2. The van der Waals surface area contributed by atoms with E-state index >= 15 is 0 Å². The maximum absolute atomic E-state index is 13.3. The number of carbonyl (C=O) groups is 1. The third-order valence-corrected chi connectivity index (χ3v) is 3.54. The Morgan fingerprint density at radius 2 is 1.92 bits per heavy atom. The van der Waals surface area contributed by atoms with Gasteiger partial charge in [-0.15, -0.1) is 0 Å². The van der Waals surface area contributed by atoms with E-state index in [2.05, 4.69) is 20.3 Å². The zero-order chi connectivity index (χ0) is 17.8. The predicted octanol–water partition coefficient (Wildman–Crippen LogP) is 3.48. The quantitative estimate of drug-likeness (QED) is 0.743. The van der Waals surface area contributed by atoms with Crippen LogP contribution in [0, 0.1) is 5.82 Å². The molecule has 2 aromatic heterocycles. The third kappa shape index (κ3) is 3.85. The molecule has 0 radical (unpaired) electrons. The Labute approximate surface area is 140 Å². The van der Waals surface area contributed by atoms with E-state index in [1.807, 2.05) is 0 Å². The summed E-state index contributed by atoms with van der Waals surface area (Å²) in [5, 5.41) is 2.55. The van der Waals surface area contributed by atoms with E-state index < -0.39 is 18.1 Å². The molecule has 0 saturated carbocycles. The van der Waals surface area contributed by atoms with Gasteiger partial charge in [-0.05, 0) is 12.1 Å². The number of H-pyrrole nitrogens is 1. The molecule has 3 rings (SSSR count). The lowest BCUT2D eigenvalue weighted by Crippen LogP contribution is -2.24. The average Bonchev–Trinajstić information content (AvgIpc) is 3.06. The number of nitrogens with one attached hydrogen (secondary N) is 2. The molecule has 8 heteroatoms. The molecule has 3 aromatic rings. The molecule has 0 bridgehead atoms. The standard InChI is InChI=1S/C17H13F3N4O/c18-13-5-6-21-15(13)17(25)22-8-12-7-14(24-9-23-12)10-1-3-11(4-2-10)16(19)20/h1-7,9,16,21H,8H2,(H,22,25). The van der Waals surface area contributed by atoms with E-state index in [1.54, 1.807) is 18.2 Å². The SMILES string of the molecule is O=C(NCc1cc(-c2ccc(C(F)F)cc2)ncn1)c1[nH]ccc1F. The van der Waals surface area contributed by atoms with E-state index in [9.17, 15) is 18.0 Å². The zero-order valence-electron chi connectivity index (χ0n) is 12.8. The molecule has 0 spiro atoms. The Morgan fingerprint density at radius 1 is 1.16 bits per heavy atom. The van der Waals surface area contributed by atoms with E-state index in [0.717, 1.165) is 6.07 Å². The summed E-state index contributed by atoms with van der Waals surface area (Å²) in [4.78, 5) is 22.5. The highest BCUT2D eigenvalue weighted by Crippen LogP contribution is 2.23. The van der Waals surface area contributed by atoms with Crippen LogP contribution in [0.4, 0.5) is 13.2 Å². The first kappa shape index (κ1) is 16.7. The highest BCUT2D eigenvalue weighted by atomic mass is 19.3. The summed E-state index contributed by atoms with van der Waals surface area (Å²) in [5.41, 5.74) is 1.46. The van der Waals surface area contributed by atoms with Crippen LogP contribution >= 0.6 is 0 Å². The fourth-order valence-corrected chi connectivity index (χ4v) is 2.24. The molecule has 0 saturated heterocycles. The van der Waals surface area contributed by atoms with Gasteiger partial charge in [-0.3, -0.25) is 4.79 Å². The Hall–Kier alpha value is -3.16. The molecule has 5 nitrogen and oxygen atoms in total. The molecule has 25 heavy (non-hydrogen) atoms. The van der Waals surface area contributed by atoms with Crippen LogP contribution in [0.3, 0.4) is 0 Å². The molecule has 0 fully saturated rings. The summed E-state index contributed by atoms with van der Waals surface area (Å²) < 4.78 is 38.5. The van der Waals surface area contributed by atoms with Crippen LogP contribution in [-0.4, -0.2) is 20.9 Å². The maximum Gasteiger partial charge on any atom is 0.271 e. The number of rotatable bonds is 5. The number of nitrogens with zero attached hydrogens (tertiary/aromatic N) is 2. The van der Waals surface area contributed by atoms with Crippen LogP contribution in [0.25, 0.3) is 11.3 Å². The van der Waals surface area contributed by atoms with Crippen LogP contribution in [0.1, 0.15) is 28.2 Å². The van der Waals surface area contributed by atoms with Crippen molar-refractivity contribution in [3.8, 4) is 11.3 Å². The maximum atomic E-state index is 13.3. The fraction of sp³-hybridized carbons (Fsp3) is 0.118. The number of hydrogen-bond donors (Lipinski definition) is 2. The van der Waals surface area contributed by atoms with E-state index in [4.69, 9.17) is 0 Å². The topological polar surface area (TPSA) is 70.7 Å². The molecule has 0 aliphatic heterocycles. The lowest BCUT2D eigenvalue weighted by Gasteiger charge is -2.06. The summed E-state index contributed by atoms with van der Waals surface area (Å²) >= 11 is 0. The van der Waals surface area contributed by atoms with Gasteiger partial charge in [0.05, 0.1) is 17.9 Å². The Kier molecular flexibility index (Phi) is 4.78. The van der Waals surface area contributed by atoms with Crippen LogP contribution in [-0.2, 0) is 6.54 Å². The largest absolute Gasteiger partial charge is 0.355 e. The monoisotopic (exact) mass is 346 g/mol. The molecule has 0 aliphatic carbocycles. The van der Waals surface area contributed by atoms with Gasteiger partial charge in [0.25, 0.3) is 12.3 Å². The van der Waals surface area contributed by atoms with E-state index in [-0.39, 0.29) is 17.8 Å². The molecule has 0 unspecified atom stereocenters. The van der Waals surface area contributed by atoms with E-state index in [0.29, 0.717) is 17.0 Å². The summed E-state index contributed by atoms with van der Waals surface area (Å²) in [6, 6.07) is 8.53. The number of aromatic amines is 1. The molecule has 1 amide bonds. The minimum Gasteiger partial charge on any atom is -0.355 e. The highest BCUT2D eigenvalue weighted by molar-refractivity contribution is 5.92. The molecule has 1 aromatic carbocycles. The smallest absolute Gasteiger partial charge is 0.271 e. The first-order valence-electron chi connectivity index (χ1n) is 7.35. The van der Waals surface area contributed by atoms with Gasteiger partial charge in [-0.1, -0.05) is 24.3 Å². The first-order valence-corrected chi connectivity index (χ1v) is 7.35. The highest BCUT2D eigenvalue weighted by Gasteiger charge is 2.13. The zero-order valence-corrected chi connectivity index (χ0v) is 12.8. The van der Waals surface area contributed by atoms with Gasteiger partial charge in [0, 0.05) is 17.3 Å². The van der Waals surface area contributed by atoms with Gasteiger partial charge in [-0.25, -0.2) is 23.1 Å². The number of aromatic nitrogens is 3. The molecule has 2 heterocycles. The van der Waals surface area contributed by atoms with Crippen molar-refractivity contribution in [2.75, 3.05) is 0 Å². The molecule has 128 valence electrons. The number of benzene rings is 1. The van der Waals surface area contributed by atoms with Crippen molar-refractivity contribution in [1.29, 1.82) is 0 Å². The summed E-state index contributed by atoms with van der Waals surface area (Å²) in [7, 11) is 0. The summed E-state index contributed by atoms with van der Waals surface area (Å²) in [6.45, 7) is 0.0714. The molecular weight excluding hydrogens is 333 g/mol. The first-order chi connectivity index (χ1) is 12.0. The van der Waals surface area contributed by atoms with Crippen molar-refractivity contribution in [3.63, 3.8) is 0 Å². The Balaban J connectivity index is 1.71. The minimum atomic E-state index is -2.53. The minimum absolute atomic E-state index is 0.0710. The van der Waals surface area contributed by atoms with Crippen molar-refractivity contribution in [2.24, 2.45) is 0 Å². The Bertz CT molecular complexity index is 878. The summed E-state index contributed by atoms with van der Waals surface area (Å²) in [6.07, 6.45) is 0.113. The van der Waals surface area contributed by atoms with Gasteiger partial charge in [0.2, 0.25) is 0 Å². The van der Waals surface area contributed by atoms with Gasteiger partial charge < -0.3 is 10.3 Å². The van der Waals surface area contributed by atoms with Gasteiger partial charge >= 0.3 is 0 Å². The van der Waals surface area contributed by atoms with Crippen molar-refractivity contribution in [2.45, 2.75) is 13.0 Å². The Morgan fingerprint density at radius 3 is 2.56 bits per heavy atom. The summed E-state index contributed by atoms with van der Waals surface area (Å²) in [5.74, 6) is -1.23. The fourth-order valence-electron chi connectivity index (χ4n) is 2.24. The van der Waals surface area contributed by atoms with Crippen LogP contribution in [0.15, 0.2) is 48.9 Å². The third-order valence-electron chi connectivity index (χ3n) is 3.54. The number of halogens is 3. The second-order valence-corrected chi connectivity index (χ2v) is 5.20. The van der Waals surface area contributed by atoms with Gasteiger partial charge in [0.15, 0.2) is 5.82 Å². The van der Waals surface area contributed by atoms with Crippen molar-refractivity contribution in [1.82, 2.24) is 20.3 Å². The lowest BCUT2D eigenvalue weighted by molar-refractivity contribution is 0.0942. The molecular formula is C17H13F3N4O. The van der Waals surface area contributed by atoms with Crippen molar-refractivity contribution in [3.05, 3.63) is 71.7 Å². The molecule has 0 atom stereocenters. The van der Waals surface area contributed by atoms with Crippen LogP contribution in [0.2, 0.25) is 0 Å². The lowest BCUT2D eigenvalue weighted by atomic mass is 10.1. The average molecular weight is 346 g/mol. The van der Waals surface area contributed by atoms with E-state index in [1.165, 1.54) is 24.7 Å².